The van der Waals surface area contributed by atoms with E-state index in [0.717, 1.165) is 44.7 Å². The fraction of sp³-hybridized carbons (Fsp3) is 0. The first-order valence-electron chi connectivity index (χ1n) is 9.13. The largest absolute Gasteiger partial charge is 0.457 e. The fourth-order valence-electron chi connectivity index (χ4n) is 3.23. The SMILES string of the molecule is C(=Nc1ccc2oc3ccccc3c2c1)c1cccc(Oc2ccccc2)c1. The number of aliphatic imine (C=N–C) groups is 1. The Kier molecular flexibility index (Phi) is 4.11. The summed E-state index contributed by atoms with van der Waals surface area (Å²) in [5, 5.41) is 2.18. The quantitative estimate of drug-likeness (QED) is 0.318. The van der Waals surface area contributed by atoms with Crippen molar-refractivity contribution in [1.29, 1.82) is 0 Å². The van der Waals surface area contributed by atoms with E-state index in [1.165, 1.54) is 0 Å². The fourth-order valence-corrected chi connectivity index (χ4v) is 3.23. The molecular formula is C25H17NO2. The van der Waals surface area contributed by atoms with Gasteiger partial charge in [0.15, 0.2) is 0 Å². The van der Waals surface area contributed by atoms with E-state index in [-0.39, 0.29) is 0 Å². The Morgan fingerprint density at radius 3 is 2.36 bits per heavy atom. The van der Waals surface area contributed by atoms with E-state index in [2.05, 4.69) is 17.1 Å². The van der Waals surface area contributed by atoms with Crippen molar-refractivity contribution in [2.75, 3.05) is 0 Å². The van der Waals surface area contributed by atoms with E-state index in [0.29, 0.717) is 0 Å². The van der Waals surface area contributed by atoms with Gasteiger partial charge in [0.2, 0.25) is 0 Å². The van der Waals surface area contributed by atoms with Crippen molar-refractivity contribution >= 4 is 33.8 Å². The number of nitrogens with zero attached hydrogens (tertiary/aromatic N) is 1. The van der Waals surface area contributed by atoms with Crippen LogP contribution >= 0.6 is 0 Å². The summed E-state index contributed by atoms with van der Waals surface area (Å²) in [7, 11) is 0. The summed E-state index contributed by atoms with van der Waals surface area (Å²) >= 11 is 0. The van der Waals surface area contributed by atoms with Crippen molar-refractivity contribution in [3.63, 3.8) is 0 Å². The molecule has 0 aliphatic carbocycles. The summed E-state index contributed by atoms with van der Waals surface area (Å²) in [5.74, 6) is 1.60. The van der Waals surface area contributed by atoms with Gasteiger partial charge in [-0.2, -0.15) is 0 Å². The van der Waals surface area contributed by atoms with Gasteiger partial charge in [0.1, 0.15) is 22.7 Å². The van der Waals surface area contributed by atoms with Gasteiger partial charge >= 0.3 is 0 Å². The highest BCUT2D eigenvalue weighted by Gasteiger charge is 2.06. The average Bonchev–Trinajstić information content (AvgIpc) is 3.11. The summed E-state index contributed by atoms with van der Waals surface area (Å²) in [6.45, 7) is 0. The molecule has 0 fully saturated rings. The van der Waals surface area contributed by atoms with Crippen LogP contribution in [0.5, 0.6) is 11.5 Å². The van der Waals surface area contributed by atoms with Gasteiger partial charge in [-0.05, 0) is 54.1 Å². The number of benzene rings is 4. The van der Waals surface area contributed by atoms with Gasteiger partial charge in [-0.1, -0.05) is 48.5 Å². The van der Waals surface area contributed by atoms with Crippen molar-refractivity contribution in [1.82, 2.24) is 0 Å². The van der Waals surface area contributed by atoms with Gasteiger partial charge in [0.25, 0.3) is 0 Å². The Hall–Kier alpha value is -3.85. The van der Waals surface area contributed by atoms with Crippen LogP contribution in [-0.4, -0.2) is 6.21 Å². The lowest BCUT2D eigenvalue weighted by Crippen LogP contribution is -1.86. The first kappa shape index (κ1) is 16.3. The van der Waals surface area contributed by atoms with Gasteiger partial charge in [0, 0.05) is 17.0 Å². The standard InChI is InChI=1S/C25H17NO2/c1-2-8-20(9-3-1)27-21-10-6-7-18(15-21)17-26-19-13-14-25-23(16-19)22-11-4-5-12-24(22)28-25/h1-17H. The zero-order valence-corrected chi connectivity index (χ0v) is 15.1. The number of para-hydroxylation sites is 2. The zero-order chi connectivity index (χ0) is 18.8. The minimum absolute atomic E-state index is 0.784. The predicted molar refractivity (Wildman–Crippen MR) is 114 cm³/mol. The molecule has 134 valence electrons. The van der Waals surface area contributed by atoms with Crippen LogP contribution in [0.2, 0.25) is 0 Å². The molecule has 0 aliphatic heterocycles. The summed E-state index contributed by atoms with van der Waals surface area (Å²) < 4.78 is 11.8. The molecule has 4 aromatic carbocycles. The summed E-state index contributed by atoms with van der Waals surface area (Å²) in [6.07, 6.45) is 1.85. The molecule has 5 rings (SSSR count). The van der Waals surface area contributed by atoms with Gasteiger partial charge in [0.05, 0.1) is 5.69 Å². The molecule has 3 nitrogen and oxygen atoms in total. The van der Waals surface area contributed by atoms with Crippen LogP contribution in [0.25, 0.3) is 21.9 Å². The molecule has 1 heterocycles. The molecule has 0 spiro atoms. The van der Waals surface area contributed by atoms with Gasteiger partial charge < -0.3 is 9.15 Å². The van der Waals surface area contributed by atoms with E-state index in [9.17, 15) is 0 Å². The highest BCUT2D eigenvalue weighted by Crippen LogP contribution is 2.31. The van der Waals surface area contributed by atoms with E-state index in [1.807, 2.05) is 91.1 Å². The molecular weight excluding hydrogens is 346 g/mol. The minimum Gasteiger partial charge on any atom is -0.457 e. The second kappa shape index (κ2) is 7.05. The molecule has 5 aromatic rings. The van der Waals surface area contributed by atoms with Crippen LogP contribution in [0.15, 0.2) is 106 Å². The third-order valence-electron chi connectivity index (χ3n) is 4.56. The van der Waals surface area contributed by atoms with Crippen LogP contribution in [-0.2, 0) is 0 Å². The maximum absolute atomic E-state index is 5.89. The molecule has 1 aromatic heterocycles. The number of rotatable bonds is 4. The molecule has 3 heteroatoms. The number of furan rings is 1. The molecule has 0 saturated carbocycles. The summed E-state index contributed by atoms with van der Waals surface area (Å²) in [5.41, 5.74) is 3.63. The number of hydrogen-bond donors (Lipinski definition) is 0. The Labute approximate surface area is 162 Å². The Bertz CT molecular complexity index is 1290. The normalized spacial score (nSPS) is 11.4. The van der Waals surface area contributed by atoms with E-state index in [4.69, 9.17) is 9.15 Å². The van der Waals surface area contributed by atoms with Gasteiger partial charge in [-0.25, -0.2) is 0 Å². The monoisotopic (exact) mass is 363 g/mol. The van der Waals surface area contributed by atoms with Crippen molar-refractivity contribution < 1.29 is 9.15 Å². The highest BCUT2D eigenvalue weighted by molar-refractivity contribution is 6.05. The van der Waals surface area contributed by atoms with Crippen molar-refractivity contribution in [2.45, 2.75) is 0 Å². The van der Waals surface area contributed by atoms with Crippen LogP contribution in [0.3, 0.4) is 0 Å². The topological polar surface area (TPSA) is 34.7 Å². The molecule has 0 unspecified atom stereocenters. The second-order valence-electron chi connectivity index (χ2n) is 6.52. The molecule has 0 radical (unpaired) electrons. The minimum atomic E-state index is 0.784. The maximum atomic E-state index is 5.89. The number of fused-ring (bicyclic) bond motifs is 3. The van der Waals surface area contributed by atoms with Crippen molar-refractivity contribution in [3.8, 4) is 11.5 Å². The predicted octanol–water partition coefficient (Wildman–Crippen LogP) is 7.13. The van der Waals surface area contributed by atoms with E-state index >= 15 is 0 Å². The zero-order valence-electron chi connectivity index (χ0n) is 15.1. The Morgan fingerprint density at radius 2 is 1.43 bits per heavy atom. The van der Waals surface area contributed by atoms with Crippen molar-refractivity contribution in [2.24, 2.45) is 4.99 Å². The average molecular weight is 363 g/mol. The lowest BCUT2D eigenvalue weighted by Gasteiger charge is -2.05. The highest BCUT2D eigenvalue weighted by atomic mass is 16.5. The van der Waals surface area contributed by atoms with Crippen LogP contribution < -0.4 is 4.74 Å². The van der Waals surface area contributed by atoms with E-state index < -0.39 is 0 Å². The molecule has 0 atom stereocenters. The molecule has 0 bridgehead atoms. The Morgan fingerprint density at radius 1 is 0.643 bits per heavy atom. The van der Waals surface area contributed by atoms with Crippen LogP contribution in [0, 0.1) is 0 Å². The molecule has 0 saturated heterocycles. The summed E-state index contributed by atoms with van der Waals surface area (Å²) in [6, 6.07) is 31.7. The van der Waals surface area contributed by atoms with Crippen LogP contribution in [0.1, 0.15) is 5.56 Å². The van der Waals surface area contributed by atoms with Crippen LogP contribution in [0.4, 0.5) is 5.69 Å². The summed E-state index contributed by atoms with van der Waals surface area (Å²) in [4.78, 5) is 4.64. The first-order valence-corrected chi connectivity index (χ1v) is 9.13. The first-order chi connectivity index (χ1) is 13.8. The smallest absolute Gasteiger partial charge is 0.135 e. The molecule has 0 amide bonds. The van der Waals surface area contributed by atoms with E-state index in [1.54, 1.807) is 0 Å². The molecule has 28 heavy (non-hydrogen) atoms. The lowest BCUT2D eigenvalue weighted by atomic mass is 10.1. The lowest BCUT2D eigenvalue weighted by molar-refractivity contribution is 0.482. The molecule has 0 N–H and O–H groups in total. The van der Waals surface area contributed by atoms with Crippen molar-refractivity contribution in [3.05, 3.63) is 103 Å². The van der Waals surface area contributed by atoms with Gasteiger partial charge in [-0.3, -0.25) is 4.99 Å². The van der Waals surface area contributed by atoms with Gasteiger partial charge in [-0.15, -0.1) is 0 Å². The number of hydrogen-bond acceptors (Lipinski definition) is 3. The Balaban J connectivity index is 1.42. The molecule has 0 aliphatic rings. The second-order valence-corrected chi connectivity index (χ2v) is 6.52. The third-order valence-corrected chi connectivity index (χ3v) is 4.56. The third kappa shape index (κ3) is 3.26. The number of ether oxygens (including phenoxy) is 1. The maximum Gasteiger partial charge on any atom is 0.135 e.